The molecule has 0 aliphatic heterocycles. The van der Waals surface area contributed by atoms with E-state index < -0.39 is 4.92 Å². The zero-order valence-corrected chi connectivity index (χ0v) is 19.2. The molecular weight excluding hydrogens is 476 g/mol. The van der Waals surface area contributed by atoms with Crippen molar-refractivity contribution in [3.05, 3.63) is 98.9 Å². The van der Waals surface area contributed by atoms with E-state index in [9.17, 15) is 14.9 Å². The third-order valence-corrected chi connectivity index (χ3v) is 5.30. The number of benzene rings is 2. The van der Waals surface area contributed by atoms with Crippen LogP contribution in [0.2, 0.25) is 0 Å². The number of allylic oxidation sites excluding steroid dienone is 1. The monoisotopic (exact) mass is 496 g/mol. The van der Waals surface area contributed by atoms with Crippen LogP contribution in [0.4, 0.5) is 5.69 Å². The molecule has 1 aliphatic rings. The van der Waals surface area contributed by atoms with Crippen LogP contribution in [-0.2, 0) is 13.0 Å². The Morgan fingerprint density at radius 3 is 2.25 bits per heavy atom. The Labute approximate surface area is 195 Å². The van der Waals surface area contributed by atoms with Crippen molar-refractivity contribution in [1.82, 2.24) is 0 Å². The summed E-state index contributed by atoms with van der Waals surface area (Å²) in [5, 5.41) is 10.8. The van der Waals surface area contributed by atoms with Crippen LogP contribution in [0.5, 0.6) is 11.5 Å². The third-order valence-electron chi connectivity index (χ3n) is 5.30. The lowest BCUT2D eigenvalue weighted by Gasteiger charge is -2.08. The van der Waals surface area contributed by atoms with E-state index in [0.29, 0.717) is 30.0 Å². The molecule has 3 aromatic rings. The van der Waals surface area contributed by atoms with Crippen LogP contribution in [0.15, 0.2) is 66.5 Å². The highest BCUT2D eigenvalue weighted by Gasteiger charge is 2.27. The lowest BCUT2D eigenvalue weighted by molar-refractivity contribution is -0.688. The number of pyridine rings is 1. The van der Waals surface area contributed by atoms with Crippen LogP contribution in [0, 0.1) is 10.1 Å². The normalized spacial score (nSPS) is 13.4. The van der Waals surface area contributed by atoms with E-state index in [4.69, 9.17) is 9.47 Å². The molecule has 0 radical (unpaired) electrons. The fraction of sp³-hybridized carbons (Fsp3) is 0.167. The maximum Gasteiger partial charge on any atom is 0.269 e. The number of halogens is 1. The molecule has 1 aromatic heterocycles. The number of non-ortho nitro benzene ring substituents is 1. The second-order valence-electron chi connectivity index (χ2n) is 7.27. The van der Waals surface area contributed by atoms with Gasteiger partial charge in [0.2, 0.25) is 0 Å². The third kappa shape index (κ3) is 4.70. The lowest BCUT2D eigenvalue weighted by atomic mass is 10.1. The molecule has 0 spiro atoms. The molecule has 0 N–H and O–H groups in total. The second kappa shape index (κ2) is 9.74. The topological polar surface area (TPSA) is 82.5 Å². The summed E-state index contributed by atoms with van der Waals surface area (Å²) in [6.45, 7) is 0.596. The van der Waals surface area contributed by atoms with Gasteiger partial charge in [-0.2, -0.15) is 0 Å². The molecular formula is C24H21BrN2O5. The highest BCUT2D eigenvalue weighted by Crippen LogP contribution is 2.36. The van der Waals surface area contributed by atoms with Crippen LogP contribution < -0.4 is 31.0 Å². The predicted molar refractivity (Wildman–Crippen MR) is 114 cm³/mol. The van der Waals surface area contributed by atoms with Crippen molar-refractivity contribution in [1.29, 1.82) is 0 Å². The number of nitro groups is 1. The number of methoxy groups -OCH3 is 2. The number of nitrogens with zero attached hydrogens (tertiary/aromatic N) is 2. The number of hydrogen-bond acceptors (Lipinski definition) is 5. The molecule has 8 heteroatoms. The van der Waals surface area contributed by atoms with E-state index in [2.05, 4.69) is 0 Å². The van der Waals surface area contributed by atoms with Crippen molar-refractivity contribution in [2.45, 2.75) is 13.0 Å². The number of carbonyl (C=O) groups excluding carboxylic acids is 1. The Bertz CT molecular complexity index is 1190. The Morgan fingerprint density at radius 1 is 1.03 bits per heavy atom. The van der Waals surface area contributed by atoms with Gasteiger partial charge >= 0.3 is 0 Å². The molecule has 164 valence electrons. The predicted octanol–water partition coefficient (Wildman–Crippen LogP) is 0.774. The van der Waals surface area contributed by atoms with Gasteiger partial charge in [-0.1, -0.05) is 0 Å². The fourth-order valence-corrected chi connectivity index (χ4v) is 3.66. The summed E-state index contributed by atoms with van der Waals surface area (Å²) in [6.07, 6.45) is 6.29. The number of aromatic nitrogens is 1. The number of hydrogen-bond donors (Lipinski definition) is 0. The van der Waals surface area contributed by atoms with Crippen molar-refractivity contribution in [2.24, 2.45) is 0 Å². The van der Waals surface area contributed by atoms with Crippen LogP contribution in [0.25, 0.3) is 6.08 Å². The molecule has 0 saturated carbocycles. The van der Waals surface area contributed by atoms with Crippen molar-refractivity contribution in [2.75, 3.05) is 14.2 Å². The summed E-state index contributed by atoms with van der Waals surface area (Å²) < 4.78 is 12.6. The highest BCUT2D eigenvalue weighted by atomic mass is 79.9. The van der Waals surface area contributed by atoms with Gasteiger partial charge in [0.05, 0.1) is 19.1 Å². The number of ether oxygens (including phenoxy) is 2. The van der Waals surface area contributed by atoms with Gasteiger partial charge in [-0.3, -0.25) is 14.9 Å². The maximum atomic E-state index is 12.8. The Kier molecular flexibility index (Phi) is 7.05. The van der Waals surface area contributed by atoms with E-state index in [1.54, 1.807) is 32.4 Å². The van der Waals surface area contributed by atoms with E-state index in [1.165, 1.54) is 12.1 Å². The van der Waals surface area contributed by atoms with Crippen LogP contribution >= 0.6 is 0 Å². The quantitative estimate of drug-likeness (QED) is 0.218. The minimum atomic E-state index is -0.409. The molecule has 7 nitrogen and oxygen atoms in total. The standard InChI is InChI=1S/C24H21N2O5.BrH/c1-30-22-13-18-12-19(24(27)21(18)14-23(22)31-2)11-16-7-9-25(10-8-16)15-17-3-5-20(6-4-17)26(28)29;/h3-11,13-14H,12,15H2,1-2H3;1H/q+1;/p-1/b19-11+;. The first kappa shape index (κ1) is 23.1. The van der Waals surface area contributed by atoms with E-state index in [-0.39, 0.29) is 28.5 Å². The molecule has 2 aromatic carbocycles. The average Bonchev–Trinajstić information content (AvgIpc) is 3.08. The van der Waals surface area contributed by atoms with E-state index >= 15 is 0 Å². The molecule has 0 fully saturated rings. The minimum Gasteiger partial charge on any atom is -1.00 e. The Morgan fingerprint density at radius 2 is 1.66 bits per heavy atom. The number of ketones is 1. The largest absolute Gasteiger partial charge is 1.00 e. The zero-order valence-electron chi connectivity index (χ0n) is 17.6. The number of nitro benzene ring substituents is 1. The first-order chi connectivity index (χ1) is 15.0. The summed E-state index contributed by atoms with van der Waals surface area (Å²) in [7, 11) is 3.13. The van der Waals surface area contributed by atoms with Crippen LogP contribution in [-0.4, -0.2) is 24.9 Å². The number of carbonyl (C=O) groups is 1. The zero-order chi connectivity index (χ0) is 22.0. The second-order valence-corrected chi connectivity index (χ2v) is 7.27. The van der Waals surface area contributed by atoms with E-state index in [1.807, 2.05) is 41.2 Å². The molecule has 0 saturated heterocycles. The summed E-state index contributed by atoms with van der Waals surface area (Å²) in [4.78, 5) is 23.2. The van der Waals surface area contributed by atoms with Gasteiger partial charge in [-0.15, -0.1) is 0 Å². The van der Waals surface area contributed by atoms with Gasteiger partial charge in [0.25, 0.3) is 5.69 Å². The number of Topliss-reactive ketones (excluding diaryl/α,β-unsaturated/α-hetero) is 1. The summed E-state index contributed by atoms with van der Waals surface area (Å²) in [6, 6.07) is 14.0. The Hall–Kier alpha value is -3.52. The average molecular weight is 497 g/mol. The molecule has 0 atom stereocenters. The van der Waals surface area contributed by atoms with E-state index in [0.717, 1.165) is 22.3 Å². The molecule has 4 rings (SSSR count). The number of fused-ring (bicyclic) bond motifs is 1. The summed E-state index contributed by atoms with van der Waals surface area (Å²) >= 11 is 0. The van der Waals surface area contributed by atoms with Crippen LogP contribution in [0.1, 0.15) is 27.0 Å². The molecule has 32 heavy (non-hydrogen) atoms. The summed E-state index contributed by atoms with van der Waals surface area (Å²) in [5.41, 5.74) is 4.26. The Balaban J connectivity index is 0.00000289. The van der Waals surface area contributed by atoms with Crippen LogP contribution in [0.3, 0.4) is 0 Å². The van der Waals surface area contributed by atoms with Gasteiger partial charge in [0.15, 0.2) is 36.2 Å². The first-order valence-corrected chi connectivity index (χ1v) is 9.71. The van der Waals surface area contributed by atoms with Gasteiger partial charge in [0.1, 0.15) is 0 Å². The van der Waals surface area contributed by atoms with Gasteiger partial charge in [0, 0.05) is 47.4 Å². The molecule has 0 unspecified atom stereocenters. The SMILES string of the molecule is COc1cc2c(cc1OC)C(=O)/C(=C/c1cc[n+](Cc3ccc([N+](=O)[O-])cc3)cc1)C2.[Br-]. The maximum absolute atomic E-state index is 12.8. The van der Waals surface area contributed by atoms with Gasteiger partial charge in [-0.05, 0) is 41.5 Å². The minimum absolute atomic E-state index is 0. The van der Waals surface area contributed by atoms with Gasteiger partial charge in [-0.25, -0.2) is 4.57 Å². The van der Waals surface area contributed by atoms with Crippen molar-refractivity contribution in [3.8, 4) is 11.5 Å². The molecule has 1 aliphatic carbocycles. The smallest absolute Gasteiger partial charge is 0.269 e. The molecule has 0 amide bonds. The number of rotatable bonds is 6. The molecule has 1 heterocycles. The first-order valence-electron chi connectivity index (χ1n) is 9.71. The molecule has 0 bridgehead atoms. The van der Waals surface area contributed by atoms with Crippen molar-refractivity contribution >= 4 is 17.5 Å². The van der Waals surface area contributed by atoms with Crippen molar-refractivity contribution < 1.29 is 40.7 Å². The lowest BCUT2D eigenvalue weighted by Crippen LogP contribution is -3.00. The van der Waals surface area contributed by atoms with Gasteiger partial charge < -0.3 is 26.5 Å². The highest BCUT2D eigenvalue weighted by molar-refractivity contribution is 6.15. The summed E-state index contributed by atoms with van der Waals surface area (Å²) in [5.74, 6) is 1.16. The fourth-order valence-electron chi connectivity index (χ4n) is 3.66. The van der Waals surface area contributed by atoms with Crippen molar-refractivity contribution in [3.63, 3.8) is 0 Å².